The van der Waals surface area contributed by atoms with Crippen molar-refractivity contribution in [1.29, 1.82) is 0 Å². The number of thiophene rings is 1. The number of aryl methyl sites for hydroxylation is 2. The van der Waals surface area contributed by atoms with Crippen LogP contribution in [0.25, 0.3) is 10.2 Å². The molecular formula is C17H18N2O3S2. The van der Waals surface area contributed by atoms with E-state index in [1.165, 1.54) is 28.6 Å². The number of esters is 1. The molecule has 2 aromatic heterocycles. The number of carbonyl (C=O) groups is 1. The number of fused-ring (bicyclic) bond motifs is 3. The Morgan fingerprint density at radius 1 is 1.38 bits per heavy atom. The molecule has 0 saturated carbocycles. The van der Waals surface area contributed by atoms with Crippen molar-refractivity contribution >= 4 is 39.3 Å². The predicted molar refractivity (Wildman–Crippen MR) is 95.9 cm³/mol. The quantitative estimate of drug-likeness (QED) is 0.475. The summed E-state index contributed by atoms with van der Waals surface area (Å²) < 4.78 is 6.68. The lowest BCUT2D eigenvalue weighted by Gasteiger charge is -2.13. The third-order valence-electron chi connectivity index (χ3n) is 4.49. The van der Waals surface area contributed by atoms with Crippen molar-refractivity contribution in [2.75, 3.05) is 6.61 Å². The van der Waals surface area contributed by atoms with E-state index < -0.39 is 0 Å². The van der Waals surface area contributed by atoms with Gasteiger partial charge in [-0.2, -0.15) is 0 Å². The second-order valence-corrected chi connectivity index (χ2v) is 8.31. The molecule has 2 aliphatic rings. The van der Waals surface area contributed by atoms with Crippen LogP contribution in [0.5, 0.6) is 0 Å². The minimum Gasteiger partial charge on any atom is -0.465 e. The zero-order valence-corrected chi connectivity index (χ0v) is 14.9. The molecule has 0 spiro atoms. The zero-order chi connectivity index (χ0) is 16.7. The molecule has 0 N–H and O–H groups in total. The van der Waals surface area contributed by atoms with Crippen LogP contribution < -0.4 is 5.56 Å². The minimum absolute atomic E-state index is 0.00633. The van der Waals surface area contributed by atoms with Crippen molar-refractivity contribution in [3.05, 3.63) is 33.4 Å². The summed E-state index contributed by atoms with van der Waals surface area (Å²) in [5.74, 6) is -0.218. The van der Waals surface area contributed by atoms with Crippen molar-refractivity contribution in [2.24, 2.45) is 0 Å². The summed E-state index contributed by atoms with van der Waals surface area (Å²) in [5, 5.41) is 1.09. The van der Waals surface area contributed by atoms with Crippen molar-refractivity contribution < 1.29 is 9.53 Å². The Kier molecular flexibility index (Phi) is 4.22. The van der Waals surface area contributed by atoms with Gasteiger partial charge in [0.15, 0.2) is 5.16 Å². The van der Waals surface area contributed by atoms with Crippen LogP contribution in [0, 0.1) is 0 Å². The molecule has 1 fully saturated rings. The lowest BCUT2D eigenvalue weighted by atomic mass is 9.97. The van der Waals surface area contributed by atoms with Gasteiger partial charge in [-0.1, -0.05) is 17.8 Å². The number of aromatic nitrogens is 2. The Bertz CT molecular complexity index is 884. The number of carbonyl (C=O) groups excluding carboxylic acids is 1. The molecule has 5 nitrogen and oxygen atoms in total. The summed E-state index contributed by atoms with van der Waals surface area (Å²) >= 11 is 2.97. The molecule has 0 aromatic carbocycles. The first-order chi connectivity index (χ1) is 11.7. The van der Waals surface area contributed by atoms with Gasteiger partial charge in [0.05, 0.1) is 12.0 Å². The van der Waals surface area contributed by atoms with Gasteiger partial charge in [-0.25, -0.2) is 4.98 Å². The van der Waals surface area contributed by atoms with Gasteiger partial charge in [0, 0.05) is 17.8 Å². The lowest BCUT2D eigenvalue weighted by molar-refractivity contribution is -0.137. The average molecular weight is 362 g/mol. The fourth-order valence-corrected chi connectivity index (χ4v) is 5.68. The largest absolute Gasteiger partial charge is 0.465 e. The number of hydrogen-bond donors (Lipinski definition) is 0. The summed E-state index contributed by atoms with van der Waals surface area (Å²) in [5.41, 5.74) is 1.18. The number of allylic oxidation sites excluding steroid dienone is 1. The maximum Gasteiger partial charge on any atom is 0.319 e. The number of thioether (sulfide) groups is 1. The summed E-state index contributed by atoms with van der Waals surface area (Å²) in [4.78, 5) is 31.7. The van der Waals surface area contributed by atoms with Crippen LogP contribution in [-0.2, 0) is 28.9 Å². The van der Waals surface area contributed by atoms with E-state index in [9.17, 15) is 9.59 Å². The number of ether oxygens (including phenoxy) is 1. The van der Waals surface area contributed by atoms with E-state index >= 15 is 0 Å². The van der Waals surface area contributed by atoms with Crippen LogP contribution in [0.3, 0.4) is 0 Å². The average Bonchev–Trinajstić information content (AvgIpc) is 3.14. The van der Waals surface area contributed by atoms with E-state index in [2.05, 4.69) is 6.58 Å². The smallest absolute Gasteiger partial charge is 0.319 e. The molecule has 7 heteroatoms. The van der Waals surface area contributed by atoms with E-state index in [0.717, 1.165) is 29.5 Å². The Balaban J connectivity index is 1.86. The number of rotatable bonds is 4. The molecule has 0 radical (unpaired) electrons. The third kappa shape index (κ3) is 2.59. The maximum absolute atomic E-state index is 13.1. The second kappa shape index (κ2) is 6.37. The van der Waals surface area contributed by atoms with Crippen LogP contribution in [0.2, 0.25) is 0 Å². The number of hydrogen-bond acceptors (Lipinski definition) is 6. The van der Waals surface area contributed by atoms with Gasteiger partial charge >= 0.3 is 5.97 Å². The van der Waals surface area contributed by atoms with Crippen LogP contribution in [0.15, 0.2) is 22.6 Å². The SMILES string of the molecule is C=CCn1c(SC2CCOC2=O)nc2sc3c(c2c1=O)CCCC3. The molecule has 1 atom stereocenters. The van der Waals surface area contributed by atoms with Crippen LogP contribution in [0.1, 0.15) is 29.7 Å². The molecule has 1 aliphatic heterocycles. The normalized spacial score (nSPS) is 20.2. The molecule has 1 saturated heterocycles. The summed E-state index contributed by atoms with van der Waals surface area (Å²) in [6.07, 6.45) is 6.66. The summed E-state index contributed by atoms with van der Waals surface area (Å²) in [7, 11) is 0. The highest BCUT2D eigenvalue weighted by molar-refractivity contribution is 8.00. The minimum atomic E-state index is -0.278. The van der Waals surface area contributed by atoms with E-state index in [4.69, 9.17) is 9.72 Å². The molecule has 1 aliphatic carbocycles. The van der Waals surface area contributed by atoms with Gasteiger partial charge in [-0.05, 0) is 31.2 Å². The van der Waals surface area contributed by atoms with Crippen LogP contribution >= 0.6 is 23.1 Å². The number of cyclic esters (lactones) is 1. The van der Waals surface area contributed by atoms with Crippen molar-refractivity contribution in [1.82, 2.24) is 9.55 Å². The molecule has 1 unspecified atom stereocenters. The predicted octanol–water partition coefficient (Wildman–Crippen LogP) is 2.93. The van der Waals surface area contributed by atoms with Gasteiger partial charge in [0.25, 0.3) is 5.56 Å². The molecular weight excluding hydrogens is 344 g/mol. The van der Waals surface area contributed by atoms with Crippen molar-refractivity contribution in [2.45, 2.75) is 49.1 Å². The van der Waals surface area contributed by atoms with Gasteiger partial charge in [0.1, 0.15) is 10.1 Å². The highest BCUT2D eigenvalue weighted by atomic mass is 32.2. The Morgan fingerprint density at radius 2 is 2.21 bits per heavy atom. The van der Waals surface area contributed by atoms with Gasteiger partial charge in [-0.15, -0.1) is 17.9 Å². The first-order valence-corrected chi connectivity index (χ1v) is 9.88. The van der Waals surface area contributed by atoms with E-state index in [1.807, 2.05) is 0 Å². The van der Waals surface area contributed by atoms with Gasteiger partial charge < -0.3 is 4.74 Å². The van der Waals surface area contributed by atoms with Crippen LogP contribution in [-0.4, -0.2) is 27.4 Å². The Hall–Kier alpha value is -1.60. The topological polar surface area (TPSA) is 61.2 Å². The van der Waals surface area contributed by atoms with Crippen molar-refractivity contribution in [3.8, 4) is 0 Å². The Morgan fingerprint density at radius 3 is 2.96 bits per heavy atom. The molecule has 4 rings (SSSR count). The standard InChI is InChI=1S/C17H18N2O3S2/c1-2-8-19-15(20)13-10-5-3-4-6-11(10)23-14(13)18-17(19)24-12-7-9-22-16(12)21/h2,12H,1,3-9H2. The summed E-state index contributed by atoms with van der Waals surface area (Å²) in [6.45, 7) is 4.60. The maximum atomic E-state index is 13.1. The van der Waals surface area contributed by atoms with Crippen molar-refractivity contribution in [3.63, 3.8) is 0 Å². The van der Waals surface area contributed by atoms with E-state index in [0.29, 0.717) is 24.7 Å². The molecule has 0 bridgehead atoms. The number of nitrogens with zero attached hydrogens (tertiary/aromatic N) is 2. The fraction of sp³-hybridized carbons (Fsp3) is 0.471. The third-order valence-corrected chi connectivity index (χ3v) is 6.91. The molecule has 126 valence electrons. The first kappa shape index (κ1) is 15.9. The van der Waals surface area contributed by atoms with Gasteiger partial charge in [0.2, 0.25) is 0 Å². The fourth-order valence-electron chi connectivity index (χ4n) is 3.31. The van der Waals surface area contributed by atoms with Gasteiger partial charge in [-0.3, -0.25) is 14.2 Å². The zero-order valence-electron chi connectivity index (χ0n) is 13.2. The van der Waals surface area contributed by atoms with E-state index in [-0.39, 0.29) is 16.8 Å². The molecule has 24 heavy (non-hydrogen) atoms. The summed E-state index contributed by atoms with van der Waals surface area (Å²) in [6, 6.07) is 0. The van der Waals surface area contributed by atoms with E-state index in [1.54, 1.807) is 22.0 Å². The highest BCUT2D eigenvalue weighted by Crippen LogP contribution is 2.36. The monoisotopic (exact) mass is 362 g/mol. The van der Waals surface area contributed by atoms with Crippen LogP contribution in [0.4, 0.5) is 0 Å². The Labute approximate surface area is 147 Å². The molecule has 3 heterocycles. The molecule has 0 amide bonds. The lowest BCUT2D eigenvalue weighted by Crippen LogP contribution is -2.24. The first-order valence-electron chi connectivity index (χ1n) is 8.18. The second-order valence-electron chi connectivity index (χ2n) is 6.05. The highest BCUT2D eigenvalue weighted by Gasteiger charge is 2.30. The molecule has 2 aromatic rings.